The maximum absolute atomic E-state index is 13.6. The Bertz CT molecular complexity index is 1180. The maximum Gasteiger partial charge on any atom is 0.406 e. The number of hydrogen-bond donors (Lipinski definition) is 3. The Morgan fingerprint density at radius 1 is 1.30 bits per heavy atom. The summed E-state index contributed by atoms with van der Waals surface area (Å²) in [6.45, 7) is 5.79. The Hall–Kier alpha value is -2.31. The van der Waals surface area contributed by atoms with E-state index in [1.807, 2.05) is 6.07 Å². The van der Waals surface area contributed by atoms with Crippen LogP contribution >= 0.6 is 19.3 Å². The molecule has 0 spiro atoms. The first kappa shape index (κ1) is 29.2. The van der Waals surface area contributed by atoms with Crippen LogP contribution in [-0.2, 0) is 34.5 Å². The molecule has 4 N–H and O–H groups in total. The molecule has 1 aliphatic rings. The van der Waals surface area contributed by atoms with Gasteiger partial charge in [0.05, 0.1) is 19.3 Å². The summed E-state index contributed by atoms with van der Waals surface area (Å²) < 4.78 is 36.9. The van der Waals surface area contributed by atoms with Gasteiger partial charge in [-0.3, -0.25) is 18.4 Å². The molecule has 12 nitrogen and oxygen atoms in total. The molecule has 2 unspecified atom stereocenters. The molecule has 1 saturated heterocycles. The van der Waals surface area contributed by atoms with Gasteiger partial charge in [-0.15, -0.1) is 11.6 Å². The number of esters is 1. The lowest BCUT2D eigenvalue weighted by molar-refractivity contribution is -0.149. The van der Waals surface area contributed by atoms with Crippen LogP contribution in [0.3, 0.4) is 0 Å². The van der Waals surface area contributed by atoms with Gasteiger partial charge in [0.2, 0.25) is 0 Å². The fourth-order valence-corrected chi connectivity index (χ4v) is 5.36. The molecule has 1 aromatic heterocycles. The van der Waals surface area contributed by atoms with E-state index in [4.69, 9.17) is 35.9 Å². The van der Waals surface area contributed by atoms with Gasteiger partial charge in [-0.05, 0) is 39.3 Å². The number of aromatic nitrogens is 2. The van der Waals surface area contributed by atoms with Crippen LogP contribution in [0, 0.1) is 0 Å². The number of alkyl halides is 1. The van der Waals surface area contributed by atoms with Crippen LogP contribution in [-0.4, -0.2) is 56.5 Å². The Labute approximate surface area is 219 Å². The third-order valence-corrected chi connectivity index (χ3v) is 7.60. The minimum Gasteiger partial charge on any atom is -0.462 e. The van der Waals surface area contributed by atoms with Crippen molar-refractivity contribution in [2.75, 3.05) is 12.3 Å². The number of carbonyl (C=O) groups is 1. The molecule has 0 radical (unpaired) electrons. The van der Waals surface area contributed by atoms with Crippen molar-refractivity contribution in [1.82, 2.24) is 14.6 Å². The van der Waals surface area contributed by atoms with Crippen LogP contribution in [0.2, 0.25) is 0 Å². The number of halogens is 1. The molecule has 37 heavy (non-hydrogen) atoms. The average Bonchev–Trinajstić information content (AvgIpc) is 3.05. The van der Waals surface area contributed by atoms with E-state index in [1.165, 1.54) is 26.1 Å². The van der Waals surface area contributed by atoms with E-state index < -0.39 is 55.4 Å². The lowest BCUT2D eigenvalue weighted by Crippen LogP contribution is -2.42. The molecular formula is C23H32ClN4O8P. The molecule has 204 valence electrons. The van der Waals surface area contributed by atoms with Crippen molar-refractivity contribution in [1.29, 1.82) is 0 Å². The molecule has 1 fully saturated rings. The number of nitrogen functional groups attached to an aromatic ring is 1. The number of nitrogens with zero attached hydrogens (tertiary/aromatic N) is 2. The van der Waals surface area contributed by atoms with E-state index in [0.717, 1.165) is 4.57 Å². The van der Waals surface area contributed by atoms with Gasteiger partial charge in [0, 0.05) is 6.20 Å². The molecule has 3 rings (SSSR count). The number of nitrogens with one attached hydrogen (secondary N) is 1. The van der Waals surface area contributed by atoms with Crippen LogP contribution in [0.5, 0.6) is 0 Å². The fourth-order valence-electron chi connectivity index (χ4n) is 3.60. The van der Waals surface area contributed by atoms with E-state index >= 15 is 0 Å². The van der Waals surface area contributed by atoms with Crippen LogP contribution in [0.4, 0.5) is 5.82 Å². The summed E-state index contributed by atoms with van der Waals surface area (Å²) in [7, 11) is -4.15. The first-order valence-electron chi connectivity index (χ1n) is 11.6. The van der Waals surface area contributed by atoms with Crippen LogP contribution in [0.15, 0.2) is 47.4 Å². The maximum atomic E-state index is 13.6. The smallest absolute Gasteiger partial charge is 0.406 e. The highest BCUT2D eigenvalue weighted by atomic mass is 35.5. The third kappa shape index (κ3) is 7.38. The SMILES string of the molecule is CC(C)OC(=O)C(C)NP(=O)(OCc1ccccc1)OC[C@H]1O[C@@H](n2ccc(N)nc2=O)[C@](C)(Cl)[C@@H]1O. The van der Waals surface area contributed by atoms with Crippen LogP contribution in [0.25, 0.3) is 0 Å². The van der Waals surface area contributed by atoms with Crippen molar-refractivity contribution in [2.45, 2.75) is 69.8 Å². The largest absolute Gasteiger partial charge is 0.462 e. The molecule has 14 heteroatoms. The highest BCUT2D eigenvalue weighted by Gasteiger charge is 2.54. The second kappa shape index (κ2) is 12.0. The molecule has 0 aliphatic carbocycles. The predicted molar refractivity (Wildman–Crippen MR) is 136 cm³/mol. The summed E-state index contributed by atoms with van der Waals surface area (Å²) in [5, 5.41) is 13.4. The van der Waals surface area contributed by atoms with Gasteiger partial charge in [-0.25, -0.2) is 14.4 Å². The number of nitrogens with two attached hydrogens (primary N) is 1. The summed E-state index contributed by atoms with van der Waals surface area (Å²) >= 11 is 6.56. The van der Waals surface area contributed by atoms with Gasteiger partial charge in [0.15, 0.2) is 6.23 Å². The van der Waals surface area contributed by atoms with Gasteiger partial charge in [0.1, 0.15) is 28.9 Å². The van der Waals surface area contributed by atoms with Gasteiger partial charge >= 0.3 is 19.4 Å². The monoisotopic (exact) mass is 558 g/mol. The summed E-state index contributed by atoms with van der Waals surface area (Å²) in [6.07, 6.45) is -2.60. The second-order valence-corrected chi connectivity index (χ2v) is 11.6. The molecule has 1 aromatic carbocycles. The quantitative estimate of drug-likeness (QED) is 0.210. The normalized spacial score (nSPS) is 26.1. The Morgan fingerprint density at radius 2 is 1.97 bits per heavy atom. The summed E-state index contributed by atoms with van der Waals surface area (Å²) in [4.78, 5) is 26.8. The molecule has 0 amide bonds. The van der Waals surface area contributed by atoms with E-state index in [2.05, 4.69) is 10.1 Å². The van der Waals surface area contributed by atoms with Gasteiger partial charge in [-0.1, -0.05) is 30.3 Å². The second-order valence-electron chi connectivity index (χ2n) is 9.05. The Balaban J connectivity index is 1.76. The minimum atomic E-state index is -4.15. The number of aliphatic hydroxyl groups is 1. The molecule has 0 bridgehead atoms. The number of ether oxygens (including phenoxy) is 2. The summed E-state index contributed by atoms with van der Waals surface area (Å²) in [5.41, 5.74) is 5.54. The van der Waals surface area contributed by atoms with Crippen molar-refractivity contribution in [2.24, 2.45) is 0 Å². The fraction of sp³-hybridized carbons (Fsp3) is 0.522. The number of benzene rings is 1. The van der Waals surface area contributed by atoms with Crippen molar-refractivity contribution >= 4 is 31.1 Å². The molecule has 2 aromatic rings. The molecular weight excluding hydrogens is 527 g/mol. The molecule has 1 aliphatic heterocycles. The van der Waals surface area contributed by atoms with Gasteiger partial charge < -0.3 is 20.3 Å². The topological polar surface area (TPSA) is 164 Å². The first-order valence-corrected chi connectivity index (χ1v) is 13.5. The zero-order valence-corrected chi connectivity index (χ0v) is 22.6. The number of carbonyl (C=O) groups excluding carboxylic acids is 1. The Morgan fingerprint density at radius 3 is 2.59 bits per heavy atom. The van der Waals surface area contributed by atoms with Crippen LogP contribution < -0.4 is 16.5 Å². The van der Waals surface area contributed by atoms with Crippen molar-refractivity contribution in [3.63, 3.8) is 0 Å². The predicted octanol–water partition coefficient (Wildman–Crippen LogP) is 2.35. The zero-order valence-electron chi connectivity index (χ0n) is 20.9. The number of hydrogen-bond acceptors (Lipinski definition) is 10. The van der Waals surface area contributed by atoms with E-state index in [1.54, 1.807) is 38.1 Å². The Kier molecular flexibility index (Phi) is 9.52. The zero-order chi connectivity index (χ0) is 27.4. The lowest BCUT2D eigenvalue weighted by Gasteiger charge is -2.26. The van der Waals surface area contributed by atoms with Crippen LogP contribution in [0.1, 0.15) is 39.5 Å². The van der Waals surface area contributed by atoms with E-state index in [9.17, 15) is 19.3 Å². The average molecular weight is 559 g/mol. The summed E-state index contributed by atoms with van der Waals surface area (Å²) in [6, 6.07) is 9.30. The van der Waals surface area contributed by atoms with Crippen molar-refractivity contribution in [3.8, 4) is 0 Å². The van der Waals surface area contributed by atoms with Crippen molar-refractivity contribution in [3.05, 3.63) is 58.6 Å². The van der Waals surface area contributed by atoms with Gasteiger partial charge in [0.25, 0.3) is 0 Å². The first-order chi connectivity index (χ1) is 17.3. The summed E-state index contributed by atoms with van der Waals surface area (Å²) in [5.74, 6) is -0.633. The molecule has 0 saturated carbocycles. The third-order valence-electron chi connectivity index (χ3n) is 5.53. The molecule has 6 atom stereocenters. The van der Waals surface area contributed by atoms with Crippen molar-refractivity contribution < 1.29 is 33.0 Å². The lowest BCUT2D eigenvalue weighted by atomic mass is 10.0. The van der Waals surface area contributed by atoms with E-state index in [-0.39, 0.29) is 18.5 Å². The standard InChI is InChI=1S/C23H32ClN4O8P/c1-14(2)35-20(30)15(3)27-37(32,33-12-16-8-6-5-7-9-16)34-13-17-19(29)23(4,24)21(36-17)28-11-10-18(25)26-22(28)31/h5-11,14-15,17,19,21,29H,12-13H2,1-4H3,(H,27,32)(H2,25,26,31)/t15?,17-,19-,21-,23-,37?/m1/s1. The highest BCUT2D eigenvalue weighted by molar-refractivity contribution is 7.51. The minimum absolute atomic E-state index is 0.0173. The van der Waals surface area contributed by atoms with Gasteiger partial charge in [-0.2, -0.15) is 4.98 Å². The molecule has 2 heterocycles. The number of aliphatic hydroxyl groups excluding tert-OH is 1. The van der Waals surface area contributed by atoms with E-state index in [0.29, 0.717) is 5.56 Å². The highest BCUT2D eigenvalue weighted by Crippen LogP contribution is 2.48. The number of rotatable bonds is 11. The number of anilines is 1.